The van der Waals surface area contributed by atoms with Crippen molar-refractivity contribution in [3.63, 3.8) is 0 Å². The van der Waals surface area contributed by atoms with Crippen LogP contribution in [0.1, 0.15) is 11.7 Å². The molecule has 0 aliphatic rings. The van der Waals surface area contributed by atoms with Crippen LogP contribution in [-0.2, 0) is 4.79 Å². The number of aliphatic carboxylic acids is 1. The number of methoxy groups -OCH3 is 1. The zero-order valence-electron chi connectivity index (χ0n) is 11.6. The molecule has 1 unspecified atom stereocenters. The zero-order valence-corrected chi connectivity index (χ0v) is 11.6. The van der Waals surface area contributed by atoms with E-state index < -0.39 is 17.0 Å². The maximum Gasteiger partial charge on any atom is 0.349 e. The first-order valence-electron chi connectivity index (χ1n) is 6.29. The van der Waals surface area contributed by atoms with E-state index in [1.165, 1.54) is 43.5 Å². The third-order valence-corrected chi connectivity index (χ3v) is 2.95. The second-order valence-corrected chi connectivity index (χ2v) is 4.33. The van der Waals surface area contributed by atoms with Crippen molar-refractivity contribution >= 4 is 11.7 Å². The Kier molecular flexibility index (Phi) is 4.57. The molecule has 0 spiro atoms. The van der Waals surface area contributed by atoms with Gasteiger partial charge in [-0.3, -0.25) is 10.1 Å². The lowest BCUT2D eigenvalue weighted by Crippen LogP contribution is -2.18. The predicted molar refractivity (Wildman–Crippen MR) is 77.1 cm³/mol. The van der Waals surface area contributed by atoms with Gasteiger partial charge in [0.1, 0.15) is 5.75 Å². The third-order valence-electron chi connectivity index (χ3n) is 2.95. The molecule has 2 aromatic carbocycles. The molecule has 0 aliphatic heterocycles. The van der Waals surface area contributed by atoms with Crippen LogP contribution in [0.15, 0.2) is 48.5 Å². The number of ether oxygens (including phenoxy) is 2. The molecule has 0 aromatic heterocycles. The van der Waals surface area contributed by atoms with E-state index in [1.54, 1.807) is 12.1 Å². The van der Waals surface area contributed by atoms with Crippen LogP contribution >= 0.6 is 0 Å². The molecule has 0 bridgehead atoms. The van der Waals surface area contributed by atoms with Crippen molar-refractivity contribution in [2.45, 2.75) is 6.10 Å². The molecule has 7 heteroatoms. The molecule has 0 fully saturated rings. The second-order valence-electron chi connectivity index (χ2n) is 4.33. The third kappa shape index (κ3) is 3.32. The van der Waals surface area contributed by atoms with E-state index in [0.717, 1.165) is 0 Å². The first kappa shape index (κ1) is 15.3. The fourth-order valence-corrected chi connectivity index (χ4v) is 1.87. The van der Waals surface area contributed by atoms with Gasteiger partial charge in [0.05, 0.1) is 12.0 Å². The Morgan fingerprint density at radius 3 is 2.36 bits per heavy atom. The lowest BCUT2D eigenvalue weighted by atomic mass is 10.1. The summed E-state index contributed by atoms with van der Waals surface area (Å²) in [5, 5.41) is 20.3. The molecule has 0 saturated heterocycles. The minimum atomic E-state index is -1.35. The molecule has 0 radical (unpaired) electrons. The number of carboxylic acids is 1. The standard InChI is InChI=1S/C15H13NO6/c1-21-11-8-6-10(7-9-11)14(15(17)18)22-13-5-3-2-4-12(13)16(19)20/h2-9,14H,1H3,(H,17,18). The van der Waals surface area contributed by atoms with Gasteiger partial charge in [0.25, 0.3) is 0 Å². The summed E-state index contributed by atoms with van der Waals surface area (Å²) in [4.78, 5) is 21.7. The van der Waals surface area contributed by atoms with E-state index in [9.17, 15) is 20.0 Å². The quantitative estimate of drug-likeness (QED) is 0.650. The second kappa shape index (κ2) is 6.57. The molecule has 0 saturated carbocycles. The number of benzene rings is 2. The maximum atomic E-state index is 11.4. The molecule has 0 aliphatic carbocycles. The molecule has 0 amide bonds. The van der Waals surface area contributed by atoms with Gasteiger partial charge in [0, 0.05) is 11.6 Å². The van der Waals surface area contributed by atoms with Crippen LogP contribution in [0, 0.1) is 10.1 Å². The minimum Gasteiger partial charge on any atom is -0.497 e. The minimum absolute atomic E-state index is 0.101. The van der Waals surface area contributed by atoms with Gasteiger partial charge in [-0.25, -0.2) is 4.79 Å². The van der Waals surface area contributed by atoms with Crippen LogP contribution in [0.4, 0.5) is 5.69 Å². The fraction of sp³-hybridized carbons (Fsp3) is 0.133. The number of hydrogen-bond acceptors (Lipinski definition) is 5. The number of hydrogen-bond donors (Lipinski definition) is 1. The van der Waals surface area contributed by atoms with Crippen LogP contribution in [-0.4, -0.2) is 23.1 Å². The van der Waals surface area contributed by atoms with Gasteiger partial charge in [-0.05, 0) is 18.2 Å². The highest BCUT2D eigenvalue weighted by molar-refractivity contribution is 5.75. The van der Waals surface area contributed by atoms with Gasteiger partial charge >= 0.3 is 11.7 Å². The van der Waals surface area contributed by atoms with Crippen LogP contribution in [0.5, 0.6) is 11.5 Å². The number of nitro benzene ring substituents is 1. The highest BCUT2D eigenvalue weighted by Gasteiger charge is 2.25. The molecule has 2 rings (SSSR count). The lowest BCUT2D eigenvalue weighted by Gasteiger charge is -2.15. The van der Waals surface area contributed by atoms with Gasteiger partial charge in [-0.2, -0.15) is 0 Å². The first-order valence-corrected chi connectivity index (χ1v) is 6.29. The van der Waals surface area contributed by atoms with Crippen molar-refractivity contribution < 1.29 is 24.3 Å². The maximum absolute atomic E-state index is 11.4. The van der Waals surface area contributed by atoms with Crippen molar-refractivity contribution in [2.24, 2.45) is 0 Å². The van der Waals surface area contributed by atoms with E-state index in [-0.39, 0.29) is 11.4 Å². The van der Waals surface area contributed by atoms with Crippen molar-refractivity contribution in [3.8, 4) is 11.5 Å². The highest BCUT2D eigenvalue weighted by atomic mass is 16.6. The van der Waals surface area contributed by atoms with E-state index in [2.05, 4.69) is 0 Å². The molecule has 0 heterocycles. The van der Waals surface area contributed by atoms with Crippen molar-refractivity contribution in [1.29, 1.82) is 0 Å². The average molecular weight is 303 g/mol. The monoisotopic (exact) mass is 303 g/mol. The lowest BCUT2D eigenvalue weighted by molar-refractivity contribution is -0.386. The van der Waals surface area contributed by atoms with E-state index >= 15 is 0 Å². The number of nitro groups is 1. The van der Waals surface area contributed by atoms with Crippen LogP contribution < -0.4 is 9.47 Å². The predicted octanol–water partition coefficient (Wildman–Crippen LogP) is 2.81. The van der Waals surface area contributed by atoms with Gasteiger partial charge in [-0.1, -0.05) is 24.3 Å². The highest BCUT2D eigenvalue weighted by Crippen LogP contribution is 2.31. The van der Waals surface area contributed by atoms with Crippen molar-refractivity contribution in [3.05, 3.63) is 64.2 Å². The average Bonchev–Trinajstić information content (AvgIpc) is 2.52. The Morgan fingerprint density at radius 1 is 1.18 bits per heavy atom. The van der Waals surface area contributed by atoms with Crippen LogP contribution in [0.3, 0.4) is 0 Å². The summed E-state index contributed by atoms with van der Waals surface area (Å²) in [7, 11) is 1.49. The topological polar surface area (TPSA) is 98.9 Å². The largest absolute Gasteiger partial charge is 0.497 e. The van der Waals surface area contributed by atoms with Crippen LogP contribution in [0.25, 0.3) is 0 Å². The number of carboxylic acid groups (broad SMARTS) is 1. The molecule has 2 aromatic rings. The summed E-state index contributed by atoms with van der Waals surface area (Å²) in [6.45, 7) is 0. The van der Waals surface area contributed by atoms with E-state index in [0.29, 0.717) is 11.3 Å². The smallest absolute Gasteiger partial charge is 0.349 e. The summed E-state index contributed by atoms with van der Waals surface area (Å²) in [5.41, 5.74) is 0.0636. The SMILES string of the molecule is COc1ccc(C(Oc2ccccc2[N+](=O)[O-])C(=O)O)cc1. The summed E-state index contributed by atoms with van der Waals surface area (Å²) in [6, 6.07) is 11.9. The van der Waals surface area contributed by atoms with Gasteiger partial charge in [0.2, 0.25) is 6.10 Å². The van der Waals surface area contributed by atoms with Gasteiger partial charge < -0.3 is 14.6 Å². The van der Waals surface area contributed by atoms with E-state index in [1.807, 2.05) is 0 Å². The summed E-state index contributed by atoms with van der Waals surface area (Å²) >= 11 is 0. The van der Waals surface area contributed by atoms with Crippen LogP contribution in [0.2, 0.25) is 0 Å². The molecule has 1 atom stereocenters. The normalized spacial score (nSPS) is 11.5. The Balaban J connectivity index is 2.33. The first-order chi connectivity index (χ1) is 10.5. The fourth-order valence-electron chi connectivity index (χ4n) is 1.87. The Morgan fingerprint density at radius 2 is 1.82 bits per heavy atom. The van der Waals surface area contributed by atoms with Gasteiger partial charge in [0.15, 0.2) is 5.75 Å². The Labute approximate surface area is 125 Å². The van der Waals surface area contributed by atoms with Gasteiger partial charge in [-0.15, -0.1) is 0 Å². The molecule has 114 valence electrons. The zero-order chi connectivity index (χ0) is 16.1. The molecular formula is C15H13NO6. The summed E-state index contributed by atoms with van der Waals surface area (Å²) < 4.78 is 10.3. The molecule has 1 N–H and O–H groups in total. The summed E-state index contributed by atoms with van der Waals surface area (Å²) in [5.74, 6) is -0.780. The molecular weight excluding hydrogens is 290 g/mol. The number of carbonyl (C=O) groups is 1. The Hall–Kier alpha value is -3.09. The Bertz CT molecular complexity index is 683. The molecule has 7 nitrogen and oxygen atoms in total. The number of rotatable bonds is 6. The number of para-hydroxylation sites is 2. The van der Waals surface area contributed by atoms with E-state index in [4.69, 9.17) is 9.47 Å². The van der Waals surface area contributed by atoms with Crippen molar-refractivity contribution in [2.75, 3.05) is 7.11 Å². The summed E-state index contributed by atoms with van der Waals surface area (Å²) in [6.07, 6.45) is -1.35. The van der Waals surface area contributed by atoms with Crippen molar-refractivity contribution in [1.82, 2.24) is 0 Å². The number of nitrogens with zero attached hydrogens (tertiary/aromatic N) is 1. The molecule has 22 heavy (non-hydrogen) atoms.